The lowest BCUT2D eigenvalue weighted by Gasteiger charge is -2.49. The number of hydrogen-bond donors (Lipinski definition) is 0. The van der Waals surface area contributed by atoms with E-state index in [1.54, 1.807) is 6.08 Å². The standard InChI is InChI=1S/C48H72O7Si2/c1-34(24-25-41-44(7,8)30-39(51-36(3)49)32-46(41,11)55-56(13,14)15)22-20-18-19-21-23-35(2)28-38-29-37(42(50)52-38)26-27-48-45(9,10)31-40(33-47(48,12)54-48)53-57(16,17)43(4,5)6/h18-24,26-29,39-40H,30-33H2,1-17H3/b20-18+,21-19+,27-26+,34-22+,35-23+,38-28-/t25?,39-,40-,46+,47+,48-/m0/s1. The highest BCUT2D eigenvalue weighted by atomic mass is 28.4. The van der Waals surface area contributed by atoms with Crippen LogP contribution in [0.3, 0.4) is 0 Å². The van der Waals surface area contributed by atoms with E-state index in [1.165, 1.54) is 6.92 Å². The molecule has 3 fully saturated rings. The van der Waals surface area contributed by atoms with E-state index >= 15 is 0 Å². The summed E-state index contributed by atoms with van der Waals surface area (Å²) < 4.78 is 31.5. The Morgan fingerprint density at radius 1 is 0.860 bits per heavy atom. The molecule has 0 aromatic rings. The van der Waals surface area contributed by atoms with Crippen molar-refractivity contribution in [2.24, 2.45) is 10.8 Å². The van der Waals surface area contributed by atoms with Gasteiger partial charge in [-0.1, -0.05) is 84.9 Å². The second-order valence-electron chi connectivity index (χ2n) is 21.0. The van der Waals surface area contributed by atoms with Gasteiger partial charge < -0.3 is 23.1 Å². The van der Waals surface area contributed by atoms with Crippen LogP contribution in [0.2, 0.25) is 37.8 Å². The number of fused-ring (bicyclic) bond motifs is 1. The Morgan fingerprint density at radius 3 is 2.04 bits per heavy atom. The summed E-state index contributed by atoms with van der Waals surface area (Å²) in [5.41, 5.74) is 5.47. The summed E-state index contributed by atoms with van der Waals surface area (Å²) in [5.74, 6) is -0.0878. The van der Waals surface area contributed by atoms with Gasteiger partial charge in [-0.2, -0.15) is 0 Å². The van der Waals surface area contributed by atoms with Crippen molar-refractivity contribution in [3.05, 3.63) is 101 Å². The lowest BCUT2D eigenvalue weighted by atomic mass is 9.63. The Bertz CT molecular complexity index is 1860. The molecule has 0 bridgehead atoms. The quantitative estimate of drug-likeness (QED) is 0.0638. The Hall–Kier alpha value is -3.05. The van der Waals surface area contributed by atoms with Crippen molar-refractivity contribution in [3.8, 4) is 0 Å². The minimum Gasteiger partial charge on any atom is -0.462 e. The molecule has 0 N–H and O–H groups in total. The molecule has 4 aliphatic rings. The lowest BCUT2D eigenvalue weighted by molar-refractivity contribution is -0.152. The van der Waals surface area contributed by atoms with Crippen LogP contribution in [0.1, 0.15) is 109 Å². The van der Waals surface area contributed by atoms with Gasteiger partial charge in [-0.05, 0) is 125 Å². The molecule has 7 nitrogen and oxygen atoms in total. The van der Waals surface area contributed by atoms with Crippen molar-refractivity contribution in [1.82, 2.24) is 0 Å². The fourth-order valence-electron chi connectivity index (χ4n) is 9.00. The Labute approximate surface area is 347 Å². The van der Waals surface area contributed by atoms with Crippen molar-refractivity contribution in [1.29, 1.82) is 0 Å². The molecule has 314 valence electrons. The maximum atomic E-state index is 12.9. The predicted octanol–water partition coefficient (Wildman–Crippen LogP) is 12.1. The average molecular weight is 817 g/mol. The molecular formula is C48H72O7Si2. The summed E-state index contributed by atoms with van der Waals surface area (Å²) in [7, 11) is -3.84. The van der Waals surface area contributed by atoms with E-state index in [2.05, 4.69) is 114 Å². The number of carbonyl (C=O) groups excluding carboxylic acids is 2. The fraction of sp³-hybridized carbons (Fsp3) is 0.604. The van der Waals surface area contributed by atoms with Crippen LogP contribution in [-0.2, 0) is 32.7 Å². The second-order valence-corrected chi connectivity index (χ2v) is 30.1. The Kier molecular flexibility index (Phi) is 13.5. The van der Waals surface area contributed by atoms with Gasteiger partial charge in [-0.25, -0.2) is 4.79 Å². The summed E-state index contributed by atoms with van der Waals surface area (Å²) in [5, 5.41) is 0.147. The van der Waals surface area contributed by atoms with Gasteiger partial charge >= 0.3 is 11.9 Å². The first kappa shape index (κ1) is 46.6. The highest BCUT2D eigenvalue weighted by Crippen LogP contribution is 2.67. The van der Waals surface area contributed by atoms with E-state index in [4.69, 9.17) is 23.1 Å². The number of epoxide rings is 1. The summed E-state index contributed by atoms with van der Waals surface area (Å²) in [6, 6.07) is 0. The maximum absolute atomic E-state index is 12.9. The second kappa shape index (κ2) is 16.5. The van der Waals surface area contributed by atoms with Gasteiger partial charge in [-0.15, -0.1) is 5.73 Å². The molecule has 1 saturated heterocycles. The first-order chi connectivity index (χ1) is 25.9. The largest absolute Gasteiger partial charge is 0.462 e. The van der Waals surface area contributed by atoms with E-state index in [0.29, 0.717) is 17.8 Å². The number of allylic oxidation sites excluding steroid dienone is 10. The summed E-state index contributed by atoms with van der Waals surface area (Å²) in [6.07, 6.45) is 24.7. The van der Waals surface area contributed by atoms with Crippen LogP contribution >= 0.6 is 0 Å². The van der Waals surface area contributed by atoms with Gasteiger partial charge in [0.1, 0.15) is 23.1 Å². The number of carbonyl (C=O) groups is 2. The van der Waals surface area contributed by atoms with E-state index < -0.39 is 27.8 Å². The maximum Gasteiger partial charge on any atom is 0.343 e. The third-order valence-corrected chi connectivity index (χ3v) is 17.9. The van der Waals surface area contributed by atoms with Gasteiger partial charge in [-0.3, -0.25) is 4.79 Å². The minimum absolute atomic E-state index is 0.147. The van der Waals surface area contributed by atoms with Crippen LogP contribution in [0.15, 0.2) is 101 Å². The molecule has 0 spiro atoms. The SMILES string of the molecule is CC(=O)O[C@H]1CC(C)(C)C(=C=C/C(C)=C/C=C/C=C/C=C(C)/C=C2C=C(/C=C/[C@@]34O[C@]3(C)C[C@@H](O[Si](C)(C)C(C)(C)C)CC4(C)C)C(=O)O/2)[C@](C)(O[Si](C)(C)C)C1. The van der Waals surface area contributed by atoms with E-state index in [0.717, 1.165) is 36.0 Å². The summed E-state index contributed by atoms with van der Waals surface area (Å²) in [6.45, 7) is 36.7. The molecule has 2 aliphatic carbocycles. The fourth-order valence-corrected chi connectivity index (χ4v) is 11.9. The normalized spacial score (nSPS) is 31.5. The molecule has 4 rings (SSSR count). The number of ether oxygens (including phenoxy) is 3. The van der Waals surface area contributed by atoms with Gasteiger partial charge in [0.15, 0.2) is 16.6 Å². The van der Waals surface area contributed by atoms with Crippen molar-refractivity contribution in [2.75, 3.05) is 0 Å². The Morgan fingerprint density at radius 2 is 1.47 bits per heavy atom. The minimum atomic E-state index is -1.93. The third-order valence-electron chi connectivity index (χ3n) is 12.3. The molecule has 57 heavy (non-hydrogen) atoms. The highest BCUT2D eigenvalue weighted by molar-refractivity contribution is 6.74. The molecule has 0 aromatic heterocycles. The van der Waals surface area contributed by atoms with Crippen molar-refractivity contribution >= 4 is 28.6 Å². The molecule has 0 amide bonds. The van der Waals surface area contributed by atoms with Crippen LogP contribution in [0.4, 0.5) is 0 Å². The van der Waals surface area contributed by atoms with Crippen LogP contribution in [0, 0.1) is 10.8 Å². The molecule has 2 heterocycles. The van der Waals surface area contributed by atoms with Gasteiger partial charge in [0.2, 0.25) is 0 Å². The van der Waals surface area contributed by atoms with Crippen molar-refractivity contribution < 1.29 is 32.7 Å². The van der Waals surface area contributed by atoms with E-state index in [1.807, 2.05) is 61.6 Å². The van der Waals surface area contributed by atoms with Crippen LogP contribution in [-0.4, -0.2) is 57.6 Å². The highest BCUT2D eigenvalue weighted by Gasteiger charge is 2.75. The number of esters is 2. The molecule has 9 heteroatoms. The lowest BCUT2D eigenvalue weighted by Crippen LogP contribution is -2.52. The predicted molar refractivity (Wildman–Crippen MR) is 237 cm³/mol. The molecule has 0 unspecified atom stereocenters. The van der Waals surface area contributed by atoms with Crippen LogP contribution in [0.25, 0.3) is 0 Å². The number of hydrogen-bond acceptors (Lipinski definition) is 7. The number of rotatable bonds is 12. The van der Waals surface area contributed by atoms with Gasteiger partial charge in [0, 0.05) is 36.9 Å². The zero-order chi connectivity index (χ0) is 43.0. The van der Waals surface area contributed by atoms with Gasteiger partial charge in [0.05, 0.1) is 11.2 Å². The molecule has 0 radical (unpaired) electrons. The first-order valence-electron chi connectivity index (χ1n) is 20.7. The third kappa shape index (κ3) is 11.2. The Balaban J connectivity index is 1.40. The first-order valence-corrected chi connectivity index (χ1v) is 27.0. The summed E-state index contributed by atoms with van der Waals surface area (Å²) >= 11 is 0. The summed E-state index contributed by atoms with van der Waals surface area (Å²) in [4.78, 5) is 24.7. The van der Waals surface area contributed by atoms with E-state index in [-0.39, 0.29) is 45.6 Å². The topological polar surface area (TPSA) is 83.6 Å². The monoisotopic (exact) mass is 816 g/mol. The zero-order valence-electron chi connectivity index (χ0n) is 38.2. The molecular weight excluding hydrogens is 745 g/mol. The van der Waals surface area contributed by atoms with Crippen molar-refractivity contribution in [3.63, 3.8) is 0 Å². The zero-order valence-corrected chi connectivity index (χ0v) is 40.2. The smallest absolute Gasteiger partial charge is 0.343 e. The molecule has 5 atom stereocenters. The van der Waals surface area contributed by atoms with Crippen LogP contribution in [0.5, 0.6) is 0 Å². The molecule has 0 aromatic carbocycles. The molecule has 2 aliphatic heterocycles. The molecule has 2 saturated carbocycles. The number of cyclic esters (lactones) is 1. The van der Waals surface area contributed by atoms with Crippen LogP contribution < -0.4 is 0 Å². The van der Waals surface area contributed by atoms with E-state index in [9.17, 15) is 9.59 Å². The van der Waals surface area contributed by atoms with Crippen molar-refractivity contribution in [2.45, 2.75) is 176 Å². The average Bonchev–Trinajstić information content (AvgIpc) is 3.48. The van der Waals surface area contributed by atoms with Gasteiger partial charge in [0.25, 0.3) is 0 Å².